The highest BCUT2D eigenvalue weighted by Crippen LogP contribution is 2.30. The van der Waals surface area contributed by atoms with Gasteiger partial charge < -0.3 is 9.80 Å². The van der Waals surface area contributed by atoms with Gasteiger partial charge in [-0.2, -0.15) is 9.64 Å². The maximum atomic E-state index is 9.21. The van der Waals surface area contributed by atoms with E-state index in [4.69, 9.17) is 0 Å². The molecule has 3 heterocycles. The van der Waals surface area contributed by atoms with Crippen molar-refractivity contribution in [2.45, 2.75) is 0 Å². The lowest BCUT2D eigenvalue weighted by Crippen LogP contribution is -2.47. The van der Waals surface area contributed by atoms with Crippen LogP contribution in [0.3, 0.4) is 0 Å². The monoisotopic (exact) mass is 321 g/mol. The quantitative estimate of drug-likeness (QED) is 0.726. The highest BCUT2D eigenvalue weighted by Gasteiger charge is 2.22. The second-order valence-corrected chi connectivity index (χ2v) is 6.26. The third kappa shape index (κ3) is 2.49. The Hall–Kier alpha value is -2.65. The molecule has 0 spiro atoms. The van der Waals surface area contributed by atoms with Crippen molar-refractivity contribution in [2.75, 3.05) is 36.0 Å². The zero-order valence-electron chi connectivity index (χ0n) is 12.5. The number of rotatable bonds is 2. The first kappa shape index (κ1) is 14.0. The van der Waals surface area contributed by atoms with Gasteiger partial charge in [0.25, 0.3) is 0 Å². The molecule has 1 saturated heterocycles. The number of nitrogens with zero attached hydrogens (tertiary/aromatic N) is 5. The van der Waals surface area contributed by atoms with Crippen molar-refractivity contribution in [3.8, 4) is 6.07 Å². The maximum Gasteiger partial charge on any atom is 0.163 e. The molecule has 3 aromatic rings. The molecule has 0 saturated carbocycles. The number of aromatic nitrogens is 2. The van der Waals surface area contributed by atoms with Crippen LogP contribution in [0.2, 0.25) is 0 Å². The van der Waals surface area contributed by atoms with Gasteiger partial charge in [0.15, 0.2) is 5.69 Å². The van der Waals surface area contributed by atoms with Gasteiger partial charge >= 0.3 is 0 Å². The number of hydrogen-bond donors (Lipinski definition) is 0. The fraction of sp³-hybridized carbons (Fsp3) is 0.235. The fourth-order valence-electron chi connectivity index (χ4n) is 3.00. The minimum absolute atomic E-state index is 0.500. The lowest BCUT2D eigenvalue weighted by atomic mass is 10.2. The normalized spacial score (nSPS) is 14.9. The third-order valence-electron chi connectivity index (χ3n) is 4.17. The van der Waals surface area contributed by atoms with Crippen LogP contribution in [-0.2, 0) is 0 Å². The highest BCUT2D eigenvalue weighted by atomic mass is 32.1. The van der Waals surface area contributed by atoms with E-state index in [1.807, 2.05) is 18.2 Å². The Morgan fingerprint density at radius 2 is 1.78 bits per heavy atom. The van der Waals surface area contributed by atoms with Crippen LogP contribution in [0.5, 0.6) is 0 Å². The predicted octanol–water partition coefficient (Wildman–Crippen LogP) is 2.89. The summed E-state index contributed by atoms with van der Waals surface area (Å²) in [6, 6.07) is 14.4. The average molecular weight is 321 g/mol. The maximum absolute atomic E-state index is 9.21. The molecule has 23 heavy (non-hydrogen) atoms. The van der Waals surface area contributed by atoms with Gasteiger partial charge in [-0.25, -0.2) is 4.98 Å². The average Bonchev–Trinajstić information content (AvgIpc) is 3.06. The Kier molecular flexibility index (Phi) is 3.56. The Morgan fingerprint density at radius 3 is 2.61 bits per heavy atom. The van der Waals surface area contributed by atoms with Crippen molar-refractivity contribution in [1.29, 1.82) is 5.26 Å². The number of anilines is 2. The molecule has 114 valence electrons. The first-order valence-electron chi connectivity index (χ1n) is 7.56. The number of hydrogen-bond acceptors (Lipinski definition) is 6. The minimum Gasteiger partial charge on any atom is -0.366 e. The second-order valence-electron chi connectivity index (χ2n) is 5.46. The van der Waals surface area contributed by atoms with Crippen LogP contribution in [0.1, 0.15) is 5.69 Å². The molecular weight excluding hydrogens is 306 g/mol. The summed E-state index contributed by atoms with van der Waals surface area (Å²) in [6.07, 6.45) is 1.67. The standard InChI is InChI=1S/C17H15N5S/c18-12-14-15(5-3-7-19-14)21-8-10-22(11-9-21)17-13-4-1-2-6-16(13)23-20-17/h1-7H,8-11H2. The van der Waals surface area contributed by atoms with Crippen molar-refractivity contribution in [3.05, 3.63) is 48.3 Å². The molecule has 4 rings (SSSR count). The lowest BCUT2D eigenvalue weighted by Gasteiger charge is -2.36. The molecule has 5 nitrogen and oxygen atoms in total. The second kappa shape index (κ2) is 5.86. The molecule has 0 aliphatic carbocycles. The van der Waals surface area contributed by atoms with Crippen LogP contribution in [0, 0.1) is 11.3 Å². The van der Waals surface area contributed by atoms with Crippen LogP contribution in [0.25, 0.3) is 10.1 Å². The van der Waals surface area contributed by atoms with Crippen molar-refractivity contribution < 1.29 is 0 Å². The Balaban J connectivity index is 1.54. The summed E-state index contributed by atoms with van der Waals surface area (Å²) < 4.78 is 5.86. The van der Waals surface area contributed by atoms with Crippen molar-refractivity contribution in [2.24, 2.45) is 0 Å². The minimum atomic E-state index is 0.500. The van der Waals surface area contributed by atoms with E-state index in [-0.39, 0.29) is 0 Å². The number of pyridine rings is 1. The first-order chi connectivity index (χ1) is 11.4. The molecular formula is C17H15N5S. The van der Waals surface area contributed by atoms with E-state index in [1.165, 1.54) is 10.1 Å². The van der Waals surface area contributed by atoms with Gasteiger partial charge in [-0.1, -0.05) is 12.1 Å². The van der Waals surface area contributed by atoms with E-state index >= 15 is 0 Å². The van der Waals surface area contributed by atoms with Gasteiger partial charge in [0, 0.05) is 37.8 Å². The lowest BCUT2D eigenvalue weighted by molar-refractivity contribution is 0.650. The number of nitriles is 1. The van der Waals surface area contributed by atoms with Gasteiger partial charge in [0.2, 0.25) is 0 Å². The van der Waals surface area contributed by atoms with E-state index in [2.05, 4.69) is 43.4 Å². The molecule has 2 aromatic heterocycles. The summed E-state index contributed by atoms with van der Waals surface area (Å²) in [7, 11) is 0. The highest BCUT2D eigenvalue weighted by molar-refractivity contribution is 7.13. The molecule has 1 aliphatic heterocycles. The fourth-order valence-corrected chi connectivity index (χ4v) is 3.79. The van der Waals surface area contributed by atoms with E-state index in [9.17, 15) is 5.26 Å². The van der Waals surface area contributed by atoms with Gasteiger partial charge in [-0.05, 0) is 35.8 Å². The zero-order valence-corrected chi connectivity index (χ0v) is 13.3. The summed E-state index contributed by atoms with van der Waals surface area (Å²) in [6.45, 7) is 3.53. The van der Waals surface area contributed by atoms with E-state index in [0.717, 1.165) is 37.7 Å². The Bertz CT molecular complexity index is 874. The van der Waals surface area contributed by atoms with E-state index in [1.54, 1.807) is 17.7 Å². The molecule has 0 unspecified atom stereocenters. The largest absolute Gasteiger partial charge is 0.366 e. The molecule has 0 atom stereocenters. The van der Waals surface area contributed by atoms with Gasteiger partial charge in [-0.3, -0.25) is 0 Å². The predicted molar refractivity (Wildman–Crippen MR) is 93.0 cm³/mol. The van der Waals surface area contributed by atoms with Gasteiger partial charge in [0.1, 0.15) is 11.9 Å². The van der Waals surface area contributed by atoms with Crippen LogP contribution >= 0.6 is 11.5 Å². The summed E-state index contributed by atoms with van der Waals surface area (Å²) in [5.74, 6) is 1.08. The summed E-state index contributed by atoms with van der Waals surface area (Å²) in [5.41, 5.74) is 1.43. The molecule has 0 radical (unpaired) electrons. The topological polar surface area (TPSA) is 56.1 Å². The van der Waals surface area contributed by atoms with Crippen LogP contribution in [0.15, 0.2) is 42.6 Å². The number of benzene rings is 1. The van der Waals surface area contributed by atoms with Crippen molar-refractivity contribution in [1.82, 2.24) is 9.36 Å². The molecule has 0 N–H and O–H groups in total. The molecule has 1 fully saturated rings. The third-order valence-corrected chi connectivity index (χ3v) is 4.99. The number of piperazine rings is 1. The summed E-state index contributed by atoms with van der Waals surface area (Å²) in [4.78, 5) is 8.72. The molecule has 1 aromatic carbocycles. The molecule has 6 heteroatoms. The van der Waals surface area contributed by atoms with Crippen molar-refractivity contribution >= 4 is 33.1 Å². The van der Waals surface area contributed by atoms with Gasteiger partial charge in [-0.15, -0.1) is 0 Å². The SMILES string of the molecule is N#Cc1ncccc1N1CCN(c2nsc3ccccc23)CC1. The van der Waals surface area contributed by atoms with E-state index < -0.39 is 0 Å². The van der Waals surface area contributed by atoms with Gasteiger partial charge in [0.05, 0.1) is 10.4 Å². The zero-order chi connectivity index (χ0) is 15.6. The summed E-state index contributed by atoms with van der Waals surface area (Å²) >= 11 is 1.55. The van der Waals surface area contributed by atoms with Crippen molar-refractivity contribution in [3.63, 3.8) is 0 Å². The molecule has 0 bridgehead atoms. The van der Waals surface area contributed by atoms with Crippen LogP contribution in [0.4, 0.5) is 11.5 Å². The molecule has 1 aliphatic rings. The summed E-state index contributed by atoms with van der Waals surface area (Å²) in [5, 5.41) is 10.4. The number of fused-ring (bicyclic) bond motifs is 1. The molecule has 0 amide bonds. The Morgan fingerprint density at radius 1 is 1.00 bits per heavy atom. The first-order valence-corrected chi connectivity index (χ1v) is 8.33. The van der Waals surface area contributed by atoms with Crippen LogP contribution < -0.4 is 9.80 Å². The Labute approximate surface area is 138 Å². The van der Waals surface area contributed by atoms with Crippen LogP contribution in [-0.4, -0.2) is 35.5 Å². The van der Waals surface area contributed by atoms with E-state index in [0.29, 0.717) is 5.69 Å². The smallest absolute Gasteiger partial charge is 0.163 e.